The number of unbranched alkanes of at least 4 members (excludes halogenated alkanes) is 2. The summed E-state index contributed by atoms with van der Waals surface area (Å²) >= 11 is 1.94. The van der Waals surface area contributed by atoms with Crippen LogP contribution in [-0.4, -0.2) is 13.4 Å². The Balaban J connectivity index is 1.05. The number of fused-ring (bicyclic) bond motifs is 11. The van der Waals surface area contributed by atoms with Crippen molar-refractivity contribution in [2.24, 2.45) is 0 Å². The van der Waals surface area contributed by atoms with Gasteiger partial charge in [-0.05, 0) is 164 Å². The molecular weight excluding hydrogens is 1050 g/mol. The zero-order valence-corrected chi connectivity index (χ0v) is 48.7. The summed E-state index contributed by atoms with van der Waals surface area (Å²) in [7, 11) is 0. The first-order chi connectivity index (χ1) is 42.1. The molecule has 0 N–H and O–H groups in total. The molecule has 7 heteroatoms. The molecule has 0 aliphatic carbocycles. The molecule has 0 amide bonds. The zero-order chi connectivity index (χ0) is 56.3. The highest BCUT2D eigenvalue weighted by Gasteiger charge is 2.53. The van der Waals surface area contributed by atoms with Crippen LogP contribution in [0.4, 0.5) is 68.2 Å². The number of para-hydroxylation sites is 2. The number of aryl methyl sites for hydroxylation is 2. The van der Waals surface area contributed by atoms with E-state index in [1.54, 1.807) is 0 Å². The normalized spacial score (nSPS) is 13.4. The Morgan fingerprint density at radius 3 is 1.13 bits per heavy atom. The Kier molecular flexibility index (Phi) is 11.8. The highest BCUT2D eigenvalue weighted by Crippen LogP contribution is 2.65. The quantitative estimate of drug-likeness (QED) is 0.113. The molecule has 17 rings (SSSR count). The van der Waals surface area contributed by atoms with E-state index in [4.69, 9.17) is 0 Å². The topological polar surface area (TPSA) is 13.0 Å². The van der Waals surface area contributed by atoms with E-state index in [-0.39, 0.29) is 13.4 Å². The molecule has 0 saturated heterocycles. The number of nitrogens with zero attached hydrogens (tertiary/aromatic N) is 4. The second kappa shape index (κ2) is 20.1. The van der Waals surface area contributed by atoms with Crippen LogP contribution in [0.15, 0.2) is 255 Å². The fraction of sp³-hybridized carbons (Fsp3) is 0.103. The van der Waals surface area contributed by atoms with Crippen molar-refractivity contribution >= 4 is 126 Å². The van der Waals surface area contributed by atoms with Crippen LogP contribution < -0.4 is 52.4 Å². The summed E-state index contributed by atoms with van der Waals surface area (Å²) in [6.45, 7) is 4.48. The van der Waals surface area contributed by atoms with Gasteiger partial charge in [-0.2, -0.15) is 0 Å². The minimum absolute atomic E-state index is 0.0698. The molecule has 0 radical (unpaired) electrons. The first-order valence-electron chi connectivity index (χ1n) is 30.6. The van der Waals surface area contributed by atoms with E-state index < -0.39 is 0 Å². The maximum Gasteiger partial charge on any atom is 0.252 e. The van der Waals surface area contributed by atoms with Gasteiger partial charge >= 0.3 is 0 Å². The Labute approximate surface area is 503 Å². The van der Waals surface area contributed by atoms with E-state index in [0.29, 0.717) is 0 Å². The first kappa shape index (κ1) is 50.0. The molecule has 0 fully saturated rings. The van der Waals surface area contributed by atoms with Crippen molar-refractivity contribution in [3.05, 3.63) is 266 Å². The van der Waals surface area contributed by atoms with E-state index in [1.165, 1.54) is 144 Å². The fourth-order valence-corrected chi connectivity index (χ4v) is 16.2. The van der Waals surface area contributed by atoms with E-state index in [2.05, 4.69) is 288 Å². The molecule has 6 heterocycles. The van der Waals surface area contributed by atoms with Gasteiger partial charge < -0.3 is 19.6 Å². The van der Waals surface area contributed by atoms with Gasteiger partial charge in [-0.15, -0.1) is 11.3 Å². The van der Waals surface area contributed by atoms with Crippen molar-refractivity contribution in [1.82, 2.24) is 0 Å². The largest absolute Gasteiger partial charge is 0.311 e. The van der Waals surface area contributed by atoms with Crippen molar-refractivity contribution in [2.75, 3.05) is 19.6 Å². The number of thiophene rings is 1. The average Bonchev–Trinajstić information content (AvgIpc) is 1.68. The third kappa shape index (κ3) is 7.69. The number of anilines is 12. The minimum atomic E-state index is -0.0714. The third-order valence-electron chi connectivity index (χ3n) is 18.6. The summed E-state index contributed by atoms with van der Waals surface area (Å²) in [5, 5.41) is 0. The van der Waals surface area contributed by atoms with Gasteiger partial charge in [0.15, 0.2) is 0 Å². The average molecular weight is 1110 g/mol. The summed E-state index contributed by atoms with van der Waals surface area (Å²) in [5.41, 5.74) is 32.7. The van der Waals surface area contributed by atoms with Crippen LogP contribution in [0.1, 0.15) is 50.7 Å². The van der Waals surface area contributed by atoms with Crippen LogP contribution >= 0.6 is 11.3 Å². The lowest BCUT2D eigenvalue weighted by Gasteiger charge is -2.52. The van der Waals surface area contributed by atoms with Gasteiger partial charge in [0, 0.05) is 45.5 Å². The molecule has 0 bridgehead atoms. The maximum absolute atomic E-state index is 2.78. The van der Waals surface area contributed by atoms with Crippen LogP contribution in [0.5, 0.6) is 0 Å². The van der Waals surface area contributed by atoms with E-state index >= 15 is 0 Å². The van der Waals surface area contributed by atoms with Gasteiger partial charge in [0.2, 0.25) is 0 Å². The molecule has 4 nitrogen and oxygen atoms in total. The van der Waals surface area contributed by atoms with Crippen molar-refractivity contribution < 1.29 is 0 Å². The standard InChI is InChI=1S/C78H60B2N4S/c1-3-5-25-51-40-44-65-64(45-51)80-63-43-42-62-73-74(63)84(70-50-57(53-27-13-7-14-28-53)47-67(72(70)80)81(65)59-35-21-11-22-36-59)76-75(77(55-31-17-9-18-32-55)85-78(76)56-33-19-10-20-34-56)83(73)69-49-58(54-29-15-8-16-30-54)48-68-71(69)79(62)61-41-39-52(26-6-4-2)46-66(61)82(68)60-37-23-12-24-38-60/h7-24,27-50H,3-6,25-26H2,1-2H3. The van der Waals surface area contributed by atoms with Gasteiger partial charge in [0.25, 0.3) is 13.4 Å². The lowest BCUT2D eigenvalue weighted by molar-refractivity contribution is 0.795. The molecule has 12 aromatic rings. The van der Waals surface area contributed by atoms with E-state index in [0.717, 1.165) is 49.9 Å². The molecule has 5 aliphatic rings. The summed E-state index contributed by atoms with van der Waals surface area (Å²) in [6, 6.07) is 97.2. The van der Waals surface area contributed by atoms with Crippen LogP contribution in [0.25, 0.3) is 43.1 Å². The van der Waals surface area contributed by atoms with E-state index in [1.807, 2.05) is 11.3 Å². The van der Waals surface area contributed by atoms with Gasteiger partial charge in [-0.25, -0.2) is 0 Å². The molecule has 0 unspecified atom stereocenters. The summed E-state index contributed by atoms with van der Waals surface area (Å²) in [4.78, 5) is 13.2. The van der Waals surface area contributed by atoms with Crippen LogP contribution in [0.2, 0.25) is 0 Å². The number of hydrogen-bond donors (Lipinski definition) is 0. The highest BCUT2D eigenvalue weighted by molar-refractivity contribution is 7.20. The number of benzene rings is 11. The SMILES string of the molecule is CCCCc1ccc2c(c1)B1c3ccc4c5c3N(c3cc(-c6ccccc6)cc(c31)N2c1ccccc1)c1c(-c2ccccc2)sc(-c2ccccc2)c1N5c1cc(-c2ccccc2)cc2c1B4c1ccc(CCCC)cc1N2c1ccccc1. The summed E-state index contributed by atoms with van der Waals surface area (Å²) in [6.07, 6.45) is 6.66. The van der Waals surface area contributed by atoms with Crippen LogP contribution in [-0.2, 0) is 12.8 Å². The van der Waals surface area contributed by atoms with Crippen LogP contribution in [0.3, 0.4) is 0 Å². The lowest BCUT2D eigenvalue weighted by atomic mass is 9.30. The molecule has 0 atom stereocenters. The zero-order valence-electron chi connectivity index (χ0n) is 47.8. The van der Waals surface area contributed by atoms with E-state index in [9.17, 15) is 0 Å². The lowest BCUT2D eigenvalue weighted by Crippen LogP contribution is -2.65. The van der Waals surface area contributed by atoms with Crippen molar-refractivity contribution in [3.63, 3.8) is 0 Å². The molecule has 0 spiro atoms. The molecule has 11 aromatic carbocycles. The Bertz CT molecular complexity index is 4590. The molecule has 5 aliphatic heterocycles. The summed E-state index contributed by atoms with van der Waals surface area (Å²) in [5.74, 6) is 0. The molecule has 404 valence electrons. The Morgan fingerprint density at radius 1 is 0.294 bits per heavy atom. The maximum atomic E-state index is 2.78. The monoisotopic (exact) mass is 1110 g/mol. The first-order valence-corrected chi connectivity index (χ1v) is 31.4. The molecule has 85 heavy (non-hydrogen) atoms. The molecule has 1 aromatic heterocycles. The van der Waals surface area contributed by atoms with Crippen molar-refractivity contribution in [1.29, 1.82) is 0 Å². The predicted molar refractivity (Wildman–Crippen MR) is 365 cm³/mol. The minimum Gasteiger partial charge on any atom is -0.311 e. The number of hydrogen-bond acceptors (Lipinski definition) is 5. The van der Waals surface area contributed by atoms with Crippen LogP contribution in [0, 0.1) is 0 Å². The molecule has 0 saturated carbocycles. The summed E-state index contributed by atoms with van der Waals surface area (Å²) < 4.78 is 0. The van der Waals surface area contributed by atoms with Gasteiger partial charge in [-0.1, -0.05) is 221 Å². The highest BCUT2D eigenvalue weighted by atomic mass is 32.1. The van der Waals surface area contributed by atoms with Gasteiger partial charge in [0.1, 0.15) is 0 Å². The Morgan fingerprint density at radius 2 is 0.671 bits per heavy atom. The van der Waals surface area contributed by atoms with Gasteiger partial charge in [-0.3, -0.25) is 0 Å². The second-order valence-corrected chi connectivity index (χ2v) is 24.6. The predicted octanol–water partition coefficient (Wildman–Crippen LogP) is 17.6. The number of rotatable bonds is 12. The smallest absolute Gasteiger partial charge is 0.252 e. The van der Waals surface area contributed by atoms with Crippen molar-refractivity contribution in [2.45, 2.75) is 52.4 Å². The second-order valence-electron chi connectivity index (χ2n) is 23.6. The Hall–Kier alpha value is -9.55. The van der Waals surface area contributed by atoms with Gasteiger partial charge in [0.05, 0.1) is 32.5 Å². The third-order valence-corrected chi connectivity index (χ3v) is 19.9. The van der Waals surface area contributed by atoms with Crippen molar-refractivity contribution in [3.8, 4) is 43.1 Å². The molecular formula is C78H60B2N4S. The fourth-order valence-electron chi connectivity index (χ4n) is 14.9.